The van der Waals surface area contributed by atoms with Gasteiger partial charge in [0.15, 0.2) is 0 Å². The van der Waals surface area contributed by atoms with Crippen molar-refractivity contribution in [1.82, 2.24) is 4.98 Å². The number of aromatic nitrogens is 1. The molecule has 2 N–H and O–H groups in total. The molecule has 4 nitrogen and oxygen atoms in total. The zero-order valence-corrected chi connectivity index (χ0v) is 16.8. The number of alkyl halides is 3. The smallest absolute Gasteiger partial charge is 0.373 e. The van der Waals surface area contributed by atoms with Crippen molar-refractivity contribution in [3.05, 3.63) is 71.1 Å². The number of amides is 1. The Kier molecular flexibility index (Phi) is 5.18. The maximum absolute atomic E-state index is 14.0. The van der Waals surface area contributed by atoms with Crippen molar-refractivity contribution in [3.8, 4) is 0 Å². The van der Waals surface area contributed by atoms with Crippen molar-refractivity contribution in [2.75, 3.05) is 5.32 Å². The first-order valence-corrected chi connectivity index (χ1v) is 9.83. The summed E-state index contributed by atoms with van der Waals surface area (Å²) in [5, 5.41) is 13.3. The van der Waals surface area contributed by atoms with Gasteiger partial charge in [-0.1, -0.05) is 23.7 Å². The van der Waals surface area contributed by atoms with Crippen LogP contribution in [-0.2, 0) is 10.2 Å². The van der Waals surface area contributed by atoms with Crippen molar-refractivity contribution in [2.24, 2.45) is 0 Å². The summed E-state index contributed by atoms with van der Waals surface area (Å²) in [6, 6.07) is 11.2. The number of anilines is 1. The minimum atomic E-state index is -5.25. The monoisotopic (exact) mass is 452 g/mol. The van der Waals surface area contributed by atoms with Crippen LogP contribution < -0.4 is 5.32 Å². The Bertz CT molecular complexity index is 1160. The lowest BCUT2D eigenvalue weighted by atomic mass is 9.82. The van der Waals surface area contributed by atoms with Gasteiger partial charge in [0.05, 0.1) is 11.2 Å². The van der Waals surface area contributed by atoms with Crippen molar-refractivity contribution < 1.29 is 27.5 Å². The molecule has 0 aliphatic heterocycles. The molecular weight excluding hydrogens is 436 g/mol. The van der Waals surface area contributed by atoms with Crippen LogP contribution in [-0.4, -0.2) is 27.8 Å². The Morgan fingerprint density at radius 1 is 1.16 bits per heavy atom. The summed E-state index contributed by atoms with van der Waals surface area (Å²) in [4.78, 5) is 16.9. The number of hydrogen-bond acceptors (Lipinski definition) is 3. The summed E-state index contributed by atoms with van der Waals surface area (Å²) >= 11 is 6.06. The van der Waals surface area contributed by atoms with E-state index in [1.807, 2.05) is 0 Å². The molecule has 0 bridgehead atoms. The van der Waals surface area contributed by atoms with Crippen LogP contribution in [0, 0.1) is 5.82 Å². The second kappa shape index (κ2) is 7.46. The molecular formula is C22H17ClF4N2O2. The van der Waals surface area contributed by atoms with Crippen LogP contribution in [0.25, 0.3) is 10.9 Å². The molecule has 1 aromatic heterocycles. The highest BCUT2D eigenvalue weighted by Crippen LogP contribution is 2.57. The van der Waals surface area contributed by atoms with Gasteiger partial charge in [0.2, 0.25) is 5.60 Å². The van der Waals surface area contributed by atoms with E-state index < -0.39 is 35.3 Å². The summed E-state index contributed by atoms with van der Waals surface area (Å²) < 4.78 is 55.4. The third kappa shape index (κ3) is 3.85. The van der Waals surface area contributed by atoms with E-state index in [-0.39, 0.29) is 29.1 Å². The number of rotatable bonds is 5. The Morgan fingerprint density at radius 2 is 1.90 bits per heavy atom. The van der Waals surface area contributed by atoms with Crippen LogP contribution in [0.2, 0.25) is 5.02 Å². The number of hydrogen-bond donors (Lipinski definition) is 2. The van der Waals surface area contributed by atoms with Crippen LogP contribution in [0.3, 0.4) is 0 Å². The minimum absolute atomic E-state index is 0.0393. The van der Waals surface area contributed by atoms with E-state index in [1.54, 1.807) is 18.2 Å². The number of fused-ring (bicyclic) bond motifs is 1. The first kappa shape index (κ1) is 21.5. The molecule has 1 fully saturated rings. The Labute approximate surface area is 179 Å². The summed E-state index contributed by atoms with van der Waals surface area (Å²) in [6.07, 6.45) is -4.10. The second-order valence-corrected chi connectivity index (χ2v) is 8.18. The van der Waals surface area contributed by atoms with Gasteiger partial charge in [-0.05, 0) is 54.8 Å². The number of nitrogens with zero attached hydrogens (tertiary/aromatic N) is 1. The second-order valence-electron chi connectivity index (χ2n) is 7.77. The number of benzene rings is 2. The molecule has 0 spiro atoms. The number of halogens is 5. The fourth-order valence-corrected chi connectivity index (χ4v) is 4.22. The lowest BCUT2D eigenvalue weighted by Crippen LogP contribution is -2.56. The van der Waals surface area contributed by atoms with Gasteiger partial charge in [-0.3, -0.25) is 9.78 Å². The first-order valence-electron chi connectivity index (χ1n) is 9.46. The number of carbonyl (C=O) groups excluding carboxylic acids is 1. The fraction of sp³-hybridized carbons (Fsp3) is 0.273. The lowest BCUT2D eigenvalue weighted by Gasteiger charge is -2.33. The van der Waals surface area contributed by atoms with E-state index in [2.05, 4.69) is 10.3 Å². The molecule has 2 aromatic carbocycles. The zero-order valence-electron chi connectivity index (χ0n) is 16.0. The van der Waals surface area contributed by atoms with Gasteiger partial charge in [0, 0.05) is 28.4 Å². The number of nitrogens with one attached hydrogen (secondary N) is 1. The standard InChI is InChI=1S/C22H17ClF4N2O2/c23-16-11-13(24)6-7-15(16)20(8-9-20)12-21(31,22(25,26)27)19(30)29-18-5-1-4-17-14(18)3-2-10-28-17/h1-7,10-11,31H,8-9,12H2,(H,29,30). The predicted molar refractivity (Wildman–Crippen MR) is 108 cm³/mol. The molecule has 4 rings (SSSR count). The van der Waals surface area contributed by atoms with Crippen molar-refractivity contribution in [1.29, 1.82) is 0 Å². The van der Waals surface area contributed by atoms with E-state index in [1.165, 1.54) is 24.4 Å². The Morgan fingerprint density at radius 3 is 2.55 bits per heavy atom. The molecule has 162 valence electrons. The highest BCUT2D eigenvalue weighted by atomic mass is 35.5. The average molecular weight is 453 g/mol. The minimum Gasteiger partial charge on any atom is -0.373 e. The predicted octanol–water partition coefficient (Wildman–Crippen LogP) is 5.38. The topological polar surface area (TPSA) is 62.2 Å². The Balaban J connectivity index is 1.69. The summed E-state index contributed by atoms with van der Waals surface area (Å²) in [6.45, 7) is 0. The normalized spacial score (nSPS) is 17.2. The van der Waals surface area contributed by atoms with E-state index in [0.717, 1.165) is 12.1 Å². The van der Waals surface area contributed by atoms with Gasteiger partial charge in [-0.15, -0.1) is 0 Å². The molecule has 1 unspecified atom stereocenters. The summed E-state index contributed by atoms with van der Waals surface area (Å²) in [7, 11) is 0. The van der Waals surface area contributed by atoms with Gasteiger partial charge in [0.1, 0.15) is 5.82 Å². The molecule has 3 aromatic rings. The van der Waals surface area contributed by atoms with Gasteiger partial charge in [0.25, 0.3) is 5.91 Å². The average Bonchev–Trinajstić information content (AvgIpc) is 3.47. The van der Waals surface area contributed by atoms with Crippen molar-refractivity contribution in [3.63, 3.8) is 0 Å². The van der Waals surface area contributed by atoms with E-state index in [4.69, 9.17) is 11.6 Å². The van der Waals surface area contributed by atoms with Gasteiger partial charge < -0.3 is 10.4 Å². The summed E-state index contributed by atoms with van der Waals surface area (Å²) in [5.74, 6) is -2.22. The third-order valence-electron chi connectivity index (χ3n) is 5.69. The largest absolute Gasteiger partial charge is 0.426 e. The van der Waals surface area contributed by atoms with Gasteiger partial charge >= 0.3 is 6.18 Å². The van der Waals surface area contributed by atoms with E-state index >= 15 is 0 Å². The Hall–Kier alpha value is -2.71. The van der Waals surface area contributed by atoms with Crippen LogP contribution in [0.4, 0.5) is 23.2 Å². The molecule has 0 saturated heterocycles. The molecule has 0 radical (unpaired) electrons. The van der Waals surface area contributed by atoms with Crippen LogP contribution in [0.5, 0.6) is 0 Å². The van der Waals surface area contributed by atoms with Crippen molar-refractivity contribution in [2.45, 2.75) is 36.5 Å². The molecule has 1 amide bonds. The maximum atomic E-state index is 14.0. The molecule has 1 aliphatic rings. The number of pyridine rings is 1. The lowest BCUT2D eigenvalue weighted by molar-refractivity contribution is -0.253. The maximum Gasteiger partial charge on any atom is 0.426 e. The SMILES string of the molecule is O=C(Nc1cccc2ncccc12)C(O)(CC1(c2ccc(F)cc2Cl)CC1)C(F)(F)F. The van der Waals surface area contributed by atoms with Crippen LogP contribution >= 0.6 is 11.6 Å². The van der Waals surface area contributed by atoms with E-state index in [9.17, 15) is 27.5 Å². The molecule has 1 heterocycles. The highest BCUT2D eigenvalue weighted by Gasteiger charge is 2.65. The van der Waals surface area contributed by atoms with Gasteiger partial charge in [-0.2, -0.15) is 13.2 Å². The van der Waals surface area contributed by atoms with Gasteiger partial charge in [-0.25, -0.2) is 4.39 Å². The molecule has 1 saturated carbocycles. The number of carbonyl (C=O) groups is 1. The highest BCUT2D eigenvalue weighted by molar-refractivity contribution is 6.31. The molecule has 9 heteroatoms. The first-order chi connectivity index (χ1) is 14.6. The zero-order chi connectivity index (χ0) is 22.4. The van der Waals surface area contributed by atoms with Crippen LogP contribution in [0.15, 0.2) is 54.7 Å². The van der Waals surface area contributed by atoms with Crippen molar-refractivity contribution >= 4 is 34.1 Å². The fourth-order valence-electron chi connectivity index (χ4n) is 3.85. The quantitative estimate of drug-likeness (QED) is 0.511. The van der Waals surface area contributed by atoms with E-state index in [0.29, 0.717) is 10.9 Å². The molecule has 1 aliphatic carbocycles. The summed E-state index contributed by atoms with van der Waals surface area (Å²) in [5.41, 5.74) is -3.99. The number of aliphatic hydroxyl groups is 1. The van der Waals surface area contributed by atoms with Crippen LogP contribution in [0.1, 0.15) is 24.8 Å². The molecule has 1 atom stereocenters. The molecule has 31 heavy (non-hydrogen) atoms. The third-order valence-corrected chi connectivity index (χ3v) is 6.00.